The summed E-state index contributed by atoms with van der Waals surface area (Å²) in [5, 5.41) is 0.824. The van der Waals surface area contributed by atoms with Gasteiger partial charge in [-0.15, -0.1) is 0 Å². The Morgan fingerprint density at radius 3 is 2.02 bits per heavy atom. The van der Waals surface area contributed by atoms with Gasteiger partial charge in [0.05, 0.1) is 45.6 Å². The molecule has 0 saturated carbocycles. The smallest absolute Gasteiger partial charge is 0.677 e. The Balaban J connectivity index is 0.917. The van der Waals surface area contributed by atoms with Crippen molar-refractivity contribution >= 4 is 32.4 Å². The molecule has 2 unspecified atom stereocenters. The normalized spacial score (nSPS) is 15.8. The van der Waals surface area contributed by atoms with Crippen LogP contribution in [0, 0.1) is 0 Å². The zero-order valence-corrected chi connectivity index (χ0v) is 30.8. The first-order chi connectivity index (χ1) is 23.5. The molecule has 4 rings (SSSR count). The second kappa shape index (κ2) is 20.0. The minimum Gasteiger partial charge on any atom is -0.756 e. The second-order valence-corrected chi connectivity index (χ2v) is 15.9. The van der Waals surface area contributed by atoms with E-state index in [1.54, 1.807) is 12.1 Å². The number of likely N-dealkylation sites (N-methyl/N-ethyl adjacent to an activating group) is 1. The molecule has 0 amide bonds. The molecule has 0 spiro atoms. The molecule has 13 heteroatoms. The van der Waals surface area contributed by atoms with E-state index in [4.69, 9.17) is 22.9 Å². The first-order valence-electron chi connectivity index (χ1n) is 18.5. The summed E-state index contributed by atoms with van der Waals surface area (Å²) in [6.07, 6.45) is 23.9. The first-order valence-corrected chi connectivity index (χ1v) is 19.9. The topological polar surface area (TPSA) is 102 Å². The summed E-state index contributed by atoms with van der Waals surface area (Å²) in [5.74, 6) is 0.951. The molecule has 0 radical (unpaired) electrons. The number of halogens is 2. The van der Waals surface area contributed by atoms with Gasteiger partial charge in [0.1, 0.15) is 29.7 Å². The van der Waals surface area contributed by atoms with E-state index in [0.29, 0.717) is 34.2 Å². The third kappa shape index (κ3) is 14.1. The number of hydrogen-bond donors (Lipinski definition) is 0. The van der Waals surface area contributed by atoms with Gasteiger partial charge in [-0.05, 0) is 25.0 Å². The van der Waals surface area contributed by atoms with Gasteiger partial charge >= 0.3 is 7.40 Å². The number of hydrogen-bond acceptors (Lipinski definition) is 7. The summed E-state index contributed by atoms with van der Waals surface area (Å²) >= 11 is 0. The molecule has 2 atom stereocenters. The molecular weight excluding hydrogens is 650 g/mol. The fraction of sp³-hybridized carbons (Fsp3) is 0.694. The molecule has 9 nitrogen and oxygen atoms in total. The Morgan fingerprint density at radius 2 is 1.45 bits per heavy atom. The van der Waals surface area contributed by atoms with Crippen molar-refractivity contribution in [3.8, 4) is 0 Å². The van der Waals surface area contributed by atoms with Gasteiger partial charge in [0.2, 0.25) is 0 Å². The van der Waals surface area contributed by atoms with Gasteiger partial charge in [-0.3, -0.25) is 18.2 Å². The molecule has 0 aromatic carbocycles. The van der Waals surface area contributed by atoms with Crippen LogP contribution in [0.2, 0.25) is 0 Å². The highest BCUT2D eigenvalue weighted by atomic mass is 31.2. The van der Waals surface area contributed by atoms with Gasteiger partial charge in [0.15, 0.2) is 5.58 Å². The van der Waals surface area contributed by atoms with Gasteiger partial charge < -0.3 is 31.7 Å². The van der Waals surface area contributed by atoms with Crippen molar-refractivity contribution < 1.29 is 40.5 Å². The molecule has 49 heavy (non-hydrogen) atoms. The average Bonchev–Trinajstić information content (AvgIpc) is 3.78. The largest absolute Gasteiger partial charge is 0.756 e. The van der Waals surface area contributed by atoms with E-state index in [1.807, 2.05) is 33.3 Å². The number of fused-ring (bicyclic) bond motifs is 2. The number of unbranched alkanes of at least 4 members (excludes halogenated alkanes) is 15. The lowest BCUT2D eigenvalue weighted by atomic mass is 10.0. The first kappa shape index (κ1) is 39.5. The lowest BCUT2D eigenvalue weighted by molar-refractivity contribution is -0.870. The maximum atomic E-state index is 13.7. The Bertz CT molecular complexity index is 1530. The Labute approximate surface area is 291 Å². The number of rotatable bonds is 27. The van der Waals surface area contributed by atoms with Crippen molar-refractivity contribution in [2.45, 2.75) is 122 Å². The van der Waals surface area contributed by atoms with E-state index in [2.05, 4.69) is 0 Å². The number of phosphoric acid groups is 1. The Hall–Kier alpha value is -2.24. The molecule has 1 aliphatic rings. The summed E-state index contributed by atoms with van der Waals surface area (Å²) in [7, 11) is -0.842. The van der Waals surface area contributed by atoms with E-state index < -0.39 is 15.2 Å². The lowest BCUT2D eigenvalue weighted by Crippen LogP contribution is -2.37. The van der Waals surface area contributed by atoms with Crippen molar-refractivity contribution in [3.63, 3.8) is 0 Å². The number of aromatic nitrogens is 1. The van der Waals surface area contributed by atoms with Crippen LogP contribution in [0.4, 0.5) is 8.63 Å². The maximum Gasteiger partial charge on any atom is 0.677 e. The van der Waals surface area contributed by atoms with Gasteiger partial charge in [-0.25, -0.2) is 0 Å². The molecule has 0 N–H and O–H groups in total. The average molecular weight is 708 g/mol. The van der Waals surface area contributed by atoms with Crippen molar-refractivity contribution in [1.82, 2.24) is 4.48 Å². The van der Waals surface area contributed by atoms with Crippen LogP contribution in [0.15, 0.2) is 38.3 Å². The molecule has 0 bridgehead atoms. The highest BCUT2D eigenvalue weighted by molar-refractivity contribution is 7.45. The van der Waals surface area contributed by atoms with Gasteiger partial charge in [0, 0.05) is 30.7 Å². The molecule has 1 aliphatic heterocycles. The number of phosphoric ester groups is 1. The van der Waals surface area contributed by atoms with E-state index in [-0.39, 0.29) is 19.3 Å². The molecular formula is C36H57BF2N3O6P. The quantitative estimate of drug-likeness (QED) is 0.0350. The molecule has 0 aliphatic carbocycles. The Kier molecular flexibility index (Phi) is 16.1. The fourth-order valence-corrected chi connectivity index (χ4v) is 7.13. The molecule has 3 aromatic heterocycles. The fourth-order valence-electron chi connectivity index (χ4n) is 6.40. The van der Waals surface area contributed by atoms with E-state index in [0.717, 1.165) is 53.1 Å². The van der Waals surface area contributed by atoms with Crippen molar-refractivity contribution in [2.75, 3.05) is 40.9 Å². The highest BCUT2D eigenvalue weighted by Gasteiger charge is 2.26. The van der Waals surface area contributed by atoms with Crippen LogP contribution < -0.4 is 15.7 Å². The zero-order chi connectivity index (χ0) is 35.1. The second-order valence-electron chi connectivity index (χ2n) is 14.5. The maximum absolute atomic E-state index is 13.7. The Morgan fingerprint density at radius 1 is 0.878 bits per heavy atom. The predicted molar refractivity (Wildman–Crippen MR) is 189 cm³/mol. The van der Waals surface area contributed by atoms with E-state index in [1.165, 1.54) is 83.3 Å². The summed E-state index contributed by atoms with van der Waals surface area (Å²) < 4.78 is 62.0. The molecule has 0 saturated heterocycles. The van der Waals surface area contributed by atoms with E-state index in [9.17, 15) is 18.1 Å². The molecule has 4 heterocycles. The third-order valence-electron chi connectivity index (χ3n) is 9.17. The van der Waals surface area contributed by atoms with Crippen molar-refractivity contribution in [1.29, 1.82) is 0 Å². The molecule has 3 aromatic rings. The van der Waals surface area contributed by atoms with Crippen LogP contribution in [0.3, 0.4) is 0 Å². The zero-order valence-electron chi connectivity index (χ0n) is 29.9. The van der Waals surface area contributed by atoms with E-state index >= 15 is 0 Å². The predicted octanol–water partition coefficient (Wildman–Crippen LogP) is 7.62. The third-order valence-corrected chi connectivity index (χ3v) is 10.2. The van der Waals surface area contributed by atoms with Crippen molar-refractivity contribution in [3.05, 3.63) is 46.7 Å². The van der Waals surface area contributed by atoms with Crippen LogP contribution in [0.1, 0.15) is 114 Å². The van der Waals surface area contributed by atoms with Crippen molar-refractivity contribution in [2.24, 2.45) is 4.99 Å². The van der Waals surface area contributed by atoms with Crippen LogP contribution >= 0.6 is 7.82 Å². The number of aryl methyl sites for hydroxylation is 1. The molecule has 0 fully saturated rings. The summed E-state index contributed by atoms with van der Waals surface area (Å²) in [6, 6.07) is 5.03. The van der Waals surface area contributed by atoms with Crippen LogP contribution in [-0.2, 0) is 26.5 Å². The van der Waals surface area contributed by atoms with Crippen LogP contribution in [0.25, 0.3) is 17.2 Å². The van der Waals surface area contributed by atoms with Crippen LogP contribution in [-0.4, -0.2) is 63.3 Å². The van der Waals surface area contributed by atoms with Crippen LogP contribution in [0.5, 0.6) is 0 Å². The molecule has 274 valence electrons. The van der Waals surface area contributed by atoms with Gasteiger partial charge in [-0.2, -0.15) is 0 Å². The minimum atomic E-state index is -4.18. The number of furan rings is 2. The summed E-state index contributed by atoms with van der Waals surface area (Å²) in [5.41, 5.74) is 2.14. The minimum absolute atomic E-state index is 0.146. The van der Waals surface area contributed by atoms with Gasteiger partial charge in [0.25, 0.3) is 7.82 Å². The lowest BCUT2D eigenvalue weighted by Gasteiger charge is -2.27. The number of quaternary nitrogens is 1. The SMILES string of the molecule is C[N+](C)(C)CCOP(=O)([O-])OCCCCCCCCCCCCCCCCCCc1cc2c(o1)=CC(Cc1cc3occc3n1B(F)F)N=2. The number of nitrogens with zero attached hydrogens (tertiary/aromatic N) is 3. The standard InChI is InChI=1S/C36H57BF2N3O6P/c1-42(2,3)22-25-47-49(43,44)46-23-19-17-15-13-11-9-7-5-4-6-8-10-12-14-16-18-20-32-29-33-35(48-32)27-30(40-33)26-31-28-36-34(21-24-45-36)41(31)37(38)39/h21,24,27-30H,4-20,22-23,25-26H2,1-3H3. The van der Waals surface area contributed by atoms with Gasteiger partial charge in [-0.1, -0.05) is 89.9 Å². The summed E-state index contributed by atoms with van der Waals surface area (Å²) in [6.45, 7) is 0.965. The summed E-state index contributed by atoms with van der Waals surface area (Å²) in [4.78, 5) is 16.5. The monoisotopic (exact) mass is 707 g/mol. The highest BCUT2D eigenvalue weighted by Crippen LogP contribution is 2.38.